The van der Waals surface area contributed by atoms with Crippen LogP contribution in [0, 0.1) is 0 Å². The van der Waals surface area contributed by atoms with Crippen molar-refractivity contribution in [3.63, 3.8) is 0 Å². The van der Waals surface area contributed by atoms with E-state index in [1.54, 1.807) is 35.7 Å². The third-order valence-corrected chi connectivity index (χ3v) is 5.34. The van der Waals surface area contributed by atoms with E-state index in [-0.39, 0.29) is 4.21 Å². The van der Waals surface area contributed by atoms with Crippen LogP contribution in [0.25, 0.3) is 0 Å². The average molecular weight is 298 g/mol. The minimum atomic E-state index is -3.60. The maximum Gasteiger partial charge on any atom is 0.271 e. The van der Waals surface area contributed by atoms with Crippen LogP contribution in [0.15, 0.2) is 39.9 Å². The first-order valence-electron chi connectivity index (χ1n) is 5.50. The molecule has 0 fully saturated rings. The zero-order chi connectivity index (χ0) is 13.9. The summed E-state index contributed by atoms with van der Waals surface area (Å²) in [7, 11) is -2.11. The number of hydrogen-bond donors (Lipinski definition) is 2. The molecule has 3 N–H and O–H groups in total. The Hall–Kier alpha value is -1.57. The number of para-hydroxylation sites is 2. The highest BCUT2D eigenvalue weighted by atomic mass is 32.2. The van der Waals surface area contributed by atoms with Gasteiger partial charge in [0.25, 0.3) is 10.0 Å². The minimum absolute atomic E-state index is 0.235. The summed E-state index contributed by atoms with van der Waals surface area (Å²) in [5.74, 6) is 0.474. The Morgan fingerprint density at radius 3 is 2.74 bits per heavy atom. The second-order valence-electron chi connectivity index (χ2n) is 3.78. The van der Waals surface area contributed by atoms with Gasteiger partial charge in [0, 0.05) is 6.54 Å². The van der Waals surface area contributed by atoms with Crippen molar-refractivity contribution in [2.24, 2.45) is 5.73 Å². The van der Waals surface area contributed by atoms with Crippen LogP contribution in [0.5, 0.6) is 5.75 Å². The van der Waals surface area contributed by atoms with Crippen molar-refractivity contribution in [1.82, 2.24) is 0 Å². The summed E-state index contributed by atoms with van der Waals surface area (Å²) in [4.78, 5) is 0. The molecule has 1 heterocycles. The lowest BCUT2D eigenvalue weighted by Gasteiger charge is -2.10. The summed E-state index contributed by atoms with van der Waals surface area (Å²) < 4.78 is 32.3. The van der Waals surface area contributed by atoms with Crippen molar-refractivity contribution in [1.29, 1.82) is 0 Å². The molecule has 0 aliphatic carbocycles. The molecule has 0 atom stereocenters. The quantitative estimate of drug-likeness (QED) is 0.885. The molecule has 0 amide bonds. The molecule has 0 radical (unpaired) electrons. The highest BCUT2D eigenvalue weighted by molar-refractivity contribution is 7.94. The van der Waals surface area contributed by atoms with Crippen LogP contribution in [0.4, 0.5) is 5.69 Å². The number of rotatable bonds is 5. The van der Waals surface area contributed by atoms with E-state index < -0.39 is 10.0 Å². The molecule has 0 spiro atoms. The van der Waals surface area contributed by atoms with E-state index in [2.05, 4.69) is 4.72 Å². The molecule has 0 saturated heterocycles. The topological polar surface area (TPSA) is 81.4 Å². The van der Waals surface area contributed by atoms with Gasteiger partial charge in [0.05, 0.1) is 12.8 Å². The molecular weight excluding hydrogens is 284 g/mol. The van der Waals surface area contributed by atoms with Crippen molar-refractivity contribution in [3.05, 3.63) is 41.3 Å². The summed E-state index contributed by atoms with van der Waals surface area (Å²) >= 11 is 1.14. The van der Waals surface area contributed by atoms with Gasteiger partial charge in [0.2, 0.25) is 0 Å². The highest BCUT2D eigenvalue weighted by Gasteiger charge is 2.18. The van der Waals surface area contributed by atoms with Gasteiger partial charge in [-0.3, -0.25) is 4.72 Å². The van der Waals surface area contributed by atoms with Crippen LogP contribution in [0.3, 0.4) is 0 Å². The van der Waals surface area contributed by atoms with E-state index in [1.807, 2.05) is 0 Å². The number of methoxy groups -OCH3 is 1. The van der Waals surface area contributed by atoms with E-state index in [0.29, 0.717) is 18.0 Å². The van der Waals surface area contributed by atoms with Gasteiger partial charge in [0.15, 0.2) is 0 Å². The van der Waals surface area contributed by atoms with Crippen molar-refractivity contribution in [2.75, 3.05) is 11.8 Å². The highest BCUT2D eigenvalue weighted by Crippen LogP contribution is 2.28. The van der Waals surface area contributed by atoms with Crippen LogP contribution in [-0.4, -0.2) is 15.5 Å². The molecule has 5 nitrogen and oxygen atoms in total. The van der Waals surface area contributed by atoms with E-state index in [4.69, 9.17) is 10.5 Å². The lowest BCUT2D eigenvalue weighted by molar-refractivity contribution is 0.417. The molecule has 0 saturated carbocycles. The van der Waals surface area contributed by atoms with Crippen molar-refractivity contribution in [2.45, 2.75) is 10.8 Å². The average Bonchev–Trinajstić information content (AvgIpc) is 2.88. The Labute approximate surface area is 116 Å². The second-order valence-corrected chi connectivity index (χ2v) is 6.60. The summed E-state index contributed by atoms with van der Waals surface area (Å²) in [6.45, 7) is 0.320. The fourth-order valence-electron chi connectivity index (χ4n) is 1.53. The number of ether oxygens (including phenoxy) is 1. The first kappa shape index (κ1) is 13.9. The predicted octanol–water partition coefficient (Wildman–Crippen LogP) is 2.02. The van der Waals surface area contributed by atoms with Gasteiger partial charge in [-0.05, 0) is 29.1 Å². The lowest BCUT2D eigenvalue weighted by atomic mass is 10.3. The fraction of sp³-hybridized carbons (Fsp3) is 0.167. The molecule has 0 aliphatic rings. The number of nitrogens with one attached hydrogen (secondary N) is 1. The zero-order valence-corrected chi connectivity index (χ0v) is 11.9. The van der Waals surface area contributed by atoms with Gasteiger partial charge >= 0.3 is 0 Å². The molecule has 2 aromatic rings. The summed E-state index contributed by atoms with van der Waals surface area (Å²) in [6, 6.07) is 8.42. The maximum atomic E-state index is 12.2. The molecule has 0 aliphatic heterocycles. The Balaban J connectivity index is 2.31. The van der Waals surface area contributed by atoms with E-state index in [9.17, 15) is 8.42 Å². The molecule has 102 valence electrons. The van der Waals surface area contributed by atoms with Crippen LogP contribution in [0.1, 0.15) is 5.56 Å². The third kappa shape index (κ3) is 3.06. The first-order chi connectivity index (χ1) is 9.06. The van der Waals surface area contributed by atoms with E-state index in [0.717, 1.165) is 16.9 Å². The van der Waals surface area contributed by atoms with Gasteiger partial charge in [-0.2, -0.15) is 0 Å². The molecule has 0 unspecified atom stereocenters. The van der Waals surface area contributed by atoms with Gasteiger partial charge < -0.3 is 10.5 Å². The fourth-order valence-corrected chi connectivity index (χ4v) is 3.82. The number of benzene rings is 1. The van der Waals surface area contributed by atoms with Gasteiger partial charge in [-0.1, -0.05) is 12.1 Å². The van der Waals surface area contributed by atoms with E-state index >= 15 is 0 Å². The molecule has 7 heteroatoms. The standard InChI is InChI=1S/C12H14N2O3S2/c1-17-11-5-3-2-4-10(11)14-19(15,16)12-6-9(7-13)8-18-12/h2-6,8,14H,7,13H2,1H3. The molecule has 0 bridgehead atoms. The predicted molar refractivity (Wildman–Crippen MR) is 76.0 cm³/mol. The SMILES string of the molecule is COc1ccccc1NS(=O)(=O)c1cc(CN)cs1. The smallest absolute Gasteiger partial charge is 0.271 e. The van der Waals surface area contributed by atoms with Gasteiger partial charge in [0.1, 0.15) is 9.96 Å². The van der Waals surface area contributed by atoms with Crippen LogP contribution >= 0.6 is 11.3 Å². The first-order valence-corrected chi connectivity index (χ1v) is 7.86. The largest absolute Gasteiger partial charge is 0.495 e. The summed E-state index contributed by atoms with van der Waals surface area (Å²) in [6.07, 6.45) is 0. The van der Waals surface area contributed by atoms with Crippen LogP contribution < -0.4 is 15.2 Å². The van der Waals surface area contributed by atoms with Crippen LogP contribution in [-0.2, 0) is 16.6 Å². The number of sulfonamides is 1. The lowest BCUT2D eigenvalue weighted by Crippen LogP contribution is -2.12. The Morgan fingerprint density at radius 1 is 1.37 bits per heavy atom. The van der Waals surface area contributed by atoms with Crippen molar-refractivity contribution < 1.29 is 13.2 Å². The molecule has 2 rings (SSSR count). The van der Waals surface area contributed by atoms with Crippen LogP contribution in [0.2, 0.25) is 0 Å². The van der Waals surface area contributed by atoms with Crippen molar-refractivity contribution >= 4 is 27.0 Å². The second kappa shape index (κ2) is 5.60. The molecule has 1 aromatic heterocycles. The number of nitrogens with two attached hydrogens (primary N) is 1. The molecular formula is C12H14N2O3S2. The number of hydrogen-bond acceptors (Lipinski definition) is 5. The summed E-state index contributed by atoms with van der Waals surface area (Å²) in [5, 5.41) is 1.73. The monoisotopic (exact) mass is 298 g/mol. The number of anilines is 1. The third-order valence-electron chi connectivity index (χ3n) is 2.48. The maximum absolute atomic E-state index is 12.2. The van der Waals surface area contributed by atoms with Crippen molar-refractivity contribution in [3.8, 4) is 5.75 Å². The van der Waals surface area contributed by atoms with E-state index in [1.165, 1.54) is 7.11 Å². The summed E-state index contributed by atoms with van der Waals surface area (Å²) in [5.41, 5.74) is 6.68. The normalized spacial score (nSPS) is 11.3. The Kier molecular flexibility index (Phi) is 4.08. The molecule has 1 aromatic carbocycles. The number of thiophene rings is 1. The van der Waals surface area contributed by atoms with Gasteiger partial charge in [-0.25, -0.2) is 8.42 Å². The molecule has 19 heavy (non-hydrogen) atoms. The Bertz CT molecular complexity index is 665. The van der Waals surface area contributed by atoms with Gasteiger partial charge in [-0.15, -0.1) is 11.3 Å². The Morgan fingerprint density at radius 2 is 2.11 bits per heavy atom. The zero-order valence-electron chi connectivity index (χ0n) is 10.3. The minimum Gasteiger partial charge on any atom is -0.495 e.